The fourth-order valence-corrected chi connectivity index (χ4v) is 19.1. The zero-order valence-electron chi connectivity index (χ0n) is 72.9. The third-order valence-electron chi connectivity index (χ3n) is 24.9. The summed E-state index contributed by atoms with van der Waals surface area (Å²) in [5.41, 5.74) is 14.7. The maximum Gasteiger partial charge on any atom is 0.495 e. The Bertz CT molecular complexity index is 5130. The van der Waals surface area contributed by atoms with Crippen LogP contribution in [0, 0.1) is 60.1 Å². The summed E-state index contributed by atoms with van der Waals surface area (Å²) in [7, 11) is -1.47. The molecule has 668 valence electrons. The Labute approximate surface area is 744 Å². The minimum atomic E-state index is -3.69. The van der Waals surface area contributed by atoms with Gasteiger partial charge >= 0.3 is 19.1 Å². The van der Waals surface area contributed by atoms with Crippen LogP contribution in [-0.2, 0) is 55.5 Å². The largest absolute Gasteiger partial charge is 0.508 e. The monoisotopic (exact) mass is 1860 g/mol. The van der Waals surface area contributed by atoms with Crippen LogP contribution in [0.15, 0.2) is 135 Å². The number of carbonyl (C=O) groups is 2. The number of hydrogen-bond donors (Lipinski definition) is 6. The molecular formula is C97H117BBr2F2O21S. The minimum Gasteiger partial charge on any atom is -0.508 e. The number of esters is 2. The second-order valence-electron chi connectivity index (χ2n) is 35.1. The fraction of sp³-hybridized carbons (Fsp3) is 0.485. The zero-order valence-corrected chi connectivity index (χ0v) is 76.9. The summed E-state index contributed by atoms with van der Waals surface area (Å²) >= 11 is 6.94. The van der Waals surface area contributed by atoms with Crippen molar-refractivity contribution in [1.82, 2.24) is 0 Å². The van der Waals surface area contributed by atoms with Gasteiger partial charge in [0.05, 0.1) is 93.0 Å². The van der Waals surface area contributed by atoms with E-state index in [4.69, 9.17) is 66.7 Å². The quantitative estimate of drug-likeness (QED) is 0.0280. The highest BCUT2D eigenvalue weighted by molar-refractivity contribution is 9.11. The molecule has 124 heavy (non-hydrogen) atoms. The van der Waals surface area contributed by atoms with Crippen LogP contribution >= 0.6 is 31.9 Å². The summed E-state index contributed by atoms with van der Waals surface area (Å²) in [6.07, 6.45) is 9.52. The Kier molecular flexibility index (Phi) is 31.6. The van der Waals surface area contributed by atoms with E-state index < -0.39 is 52.9 Å². The van der Waals surface area contributed by atoms with Gasteiger partial charge in [0, 0.05) is 74.4 Å². The van der Waals surface area contributed by atoms with Gasteiger partial charge in [-0.15, -0.1) is 0 Å². The highest BCUT2D eigenvalue weighted by atomic mass is 79.9. The first-order chi connectivity index (χ1) is 58.8. The number of rotatable bonds is 17. The standard InChI is InChI=1S/C33H35FO6.C26H30BFO6.C13H17BrO2.C12H16O4S.C8H9BrO.C5H10O2/c1-18-12-24(39-22-5-4-21(35)15-22)13-19(2)32(18)26-8-10-28(34)33-27(26)9-11-29(33)40-23-6-7-25-20(14-31(36)37-3)17-38-30(25)16-23;1-25(2)26(3,4)34-27(33-25)19-9-10-20(28)24-18(19)8-11-21(24)32-16-6-7-17-15(12-23(29)30-5)14-31-22(17)13-16;1-8-5-12(6-9(2)13(8)14)16-11-4-3-10(15)7-11;1-9-2-6-12(7-3-9)17(14,15)16-11-5-4-10(13)8-11;1-5-3-7(10)4-6(2)8(5)9;6-4-1-2-5(7)3-4/h6-8,10,12-13,16,20-22,29,35H,4-5,9,11,14-15,17H2,1-3H3;6-7,9-10,13,15,21H,8,11-12,14H2,1-5H3;5-6,10-11,15H,3-4,7H2,1-2H3;2-3,6-7,10-11,13H,4-5,8H2,1H3;3-4,10H,1-2H3;4-7H,1-3H2/t20-,21?,22?,29-;15-,21-;;;;/m11..../s1. The average Bonchev–Trinajstić information content (AvgIpc) is 1.60. The Morgan fingerprint density at radius 3 is 1.31 bits per heavy atom. The summed E-state index contributed by atoms with van der Waals surface area (Å²) in [6, 6.07) is 36.1. The van der Waals surface area contributed by atoms with Crippen molar-refractivity contribution in [2.75, 3.05) is 27.4 Å². The third kappa shape index (κ3) is 23.6. The first-order valence-corrected chi connectivity index (χ1v) is 45.9. The molecule has 8 unspecified atom stereocenters. The molecule has 8 aromatic carbocycles. The number of halogens is 4. The number of aromatic hydroxyl groups is 1. The van der Waals surface area contributed by atoms with E-state index in [0.29, 0.717) is 111 Å². The van der Waals surface area contributed by atoms with Gasteiger partial charge in [-0.25, -0.2) is 8.78 Å². The first kappa shape index (κ1) is 94.9. The van der Waals surface area contributed by atoms with Gasteiger partial charge in [0.25, 0.3) is 10.1 Å². The lowest BCUT2D eigenvalue weighted by molar-refractivity contribution is -0.142. The number of phenols is 1. The number of ether oxygens (including phenoxy) is 8. The molecule has 27 heteroatoms. The molecule has 0 aromatic heterocycles. The zero-order chi connectivity index (χ0) is 89.4. The molecule has 8 aromatic rings. The van der Waals surface area contributed by atoms with Crippen molar-refractivity contribution in [2.45, 2.75) is 281 Å². The Hall–Kier alpha value is -8.19. The SMILES string of the molecule is COC(=O)C[C@@H]1COc2cc(O[C@@H]3CCc4c(-c5c(C)cc(OC6CCC(O)C6)cc5C)ccc(F)c43)ccc21.COC(=O)C[C@@H]1COc2cc(O[C@@H]3CCc4c(B5OC(C)(C)C(C)(C)O5)ccc(F)c43)ccc21.Cc1cc(O)cc(C)c1Br.Cc1cc(OC2CCC(O)C2)cc(C)c1Br.Cc1ccc(S(=O)(=O)OC2CCC(O)C2)cc1.OC1CCC(O)C1. The first-order valence-electron chi connectivity index (χ1n) is 42.9. The van der Waals surface area contributed by atoms with E-state index in [9.17, 15) is 33.3 Å². The molecule has 4 saturated carbocycles. The lowest BCUT2D eigenvalue weighted by atomic mass is 9.75. The number of aryl methyl sites for hydroxylation is 7. The van der Waals surface area contributed by atoms with Gasteiger partial charge in [-0.3, -0.25) is 13.8 Å². The second kappa shape index (κ2) is 41.3. The topological polar surface area (TPSA) is 291 Å². The van der Waals surface area contributed by atoms with E-state index in [-0.39, 0.29) is 89.8 Å². The maximum atomic E-state index is 15.3. The molecule has 3 heterocycles. The van der Waals surface area contributed by atoms with Gasteiger partial charge in [-0.2, -0.15) is 8.42 Å². The number of aliphatic hydroxyl groups excluding tert-OH is 5. The number of benzene rings is 8. The van der Waals surface area contributed by atoms with Crippen LogP contribution in [0.25, 0.3) is 11.1 Å². The number of fused-ring (bicyclic) bond motifs is 4. The summed E-state index contributed by atoms with van der Waals surface area (Å²) in [5.74, 6) is 3.51. The molecule has 5 fully saturated rings. The van der Waals surface area contributed by atoms with E-state index in [0.717, 1.165) is 132 Å². The molecule has 6 N–H and O–H groups in total. The van der Waals surface area contributed by atoms with Crippen molar-refractivity contribution in [3.63, 3.8) is 0 Å². The van der Waals surface area contributed by atoms with Crippen LogP contribution in [0.5, 0.6) is 40.2 Å². The number of methoxy groups -OCH3 is 2. The predicted molar refractivity (Wildman–Crippen MR) is 476 cm³/mol. The average molecular weight is 1860 g/mol. The van der Waals surface area contributed by atoms with E-state index >= 15 is 8.78 Å². The Morgan fingerprint density at radius 1 is 0.476 bits per heavy atom. The van der Waals surface area contributed by atoms with Gasteiger partial charge in [-0.05, 0) is 294 Å². The van der Waals surface area contributed by atoms with Gasteiger partial charge in [0.2, 0.25) is 0 Å². The molecular weight excluding hydrogens is 1740 g/mol. The van der Waals surface area contributed by atoms with Crippen molar-refractivity contribution in [2.24, 2.45) is 0 Å². The van der Waals surface area contributed by atoms with E-state index in [1.54, 1.807) is 36.4 Å². The molecule has 0 bridgehead atoms. The lowest BCUT2D eigenvalue weighted by Gasteiger charge is -2.32. The molecule has 6 aliphatic carbocycles. The fourth-order valence-electron chi connectivity index (χ4n) is 17.6. The molecule has 3 aliphatic heterocycles. The maximum absolute atomic E-state index is 15.3. The van der Waals surface area contributed by atoms with E-state index in [1.807, 2.05) is 115 Å². The molecule has 0 spiro atoms. The van der Waals surface area contributed by atoms with Crippen LogP contribution < -0.4 is 33.9 Å². The predicted octanol–water partition coefficient (Wildman–Crippen LogP) is 18.4. The van der Waals surface area contributed by atoms with Crippen molar-refractivity contribution in [1.29, 1.82) is 0 Å². The molecule has 17 rings (SSSR count). The Morgan fingerprint density at radius 2 is 0.879 bits per heavy atom. The van der Waals surface area contributed by atoms with Crippen LogP contribution in [0.1, 0.15) is 227 Å². The number of aliphatic hydroxyl groups is 5. The van der Waals surface area contributed by atoms with Crippen LogP contribution in [0.3, 0.4) is 0 Å². The molecule has 21 nitrogen and oxygen atoms in total. The molecule has 0 amide bonds. The highest BCUT2D eigenvalue weighted by Crippen LogP contribution is 2.48. The second-order valence-corrected chi connectivity index (χ2v) is 38.2. The summed E-state index contributed by atoms with van der Waals surface area (Å²) < 4.78 is 120. The van der Waals surface area contributed by atoms with Crippen LogP contribution in [0.4, 0.5) is 8.78 Å². The normalized spacial score (nSPS) is 23.7. The molecule has 12 atom stereocenters. The van der Waals surface area contributed by atoms with Crippen molar-refractivity contribution in [3.05, 3.63) is 214 Å². The number of hydrogen-bond acceptors (Lipinski definition) is 21. The van der Waals surface area contributed by atoms with Crippen molar-refractivity contribution >= 4 is 66.5 Å². The third-order valence-corrected chi connectivity index (χ3v) is 28.8. The lowest BCUT2D eigenvalue weighted by Crippen LogP contribution is -2.41. The molecule has 0 radical (unpaired) electrons. The van der Waals surface area contributed by atoms with Gasteiger partial charge < -0.3 is 77.8 Å². The van der Waals surface area contributed by atoms with E-state index in [1.165, 1.54) is 43.5 Å². The molecule has 1 saturated heterocycles. The van der Waals surface area contributed by atoms with Crippen molar-refractivity contribution in [3.8, 4) is 51.4 Å². The minimum absolute atomic E-state index is 0.0379. The summed E-state index contributed by atoms with van der Waals surface area (Å²) in [4.78, 5) is 23.6. The van der Waals surface area contributed by atoms with E-state index in [2.05, 4.69) is 59.6 Å². The number of phenolic OH excluding ortho intramolecular Hbond substituents is 1. The van der Waals surface area contributed by atoms with Gasteiger partial charge in [0.15, 0.2) is 0 Å². The smallest absolute Gasteiger partial charge is 0.495 e. The molecule has 9 aliphatic rings. The van der Waals surface area contributed by atoms with Crippen LogP contribution in [0.2, 0.25) is 0 Å². The van der Waals surface area contributed by atoms with Gasteiger partial charge in [0.1, 0.15) is 76.3 Å². The summed E-state index contributed by atoms with van der Waals surface area (Å²) in [5, 5.41) is 55.2. The van der Waals surface area contributed by atoms with Crippen LogP contribution in [-0.4, -0.2) is 146 Å². The Balaban J connectivity index is 0.000000149. The van der Waals surface area contributed by atoms with Gasteiger partial charge in [-0.1, -0.05) is 73.8 Å². The van der Waals surface area contributed by atoms with Crippen molar-refractivity contribution < 1.29 is 109 Å². The number of carbonyl (C=O) groups excluding carboxylic acids is 2. The highest BCUT2D eigenvalue weighted by Gasteiger charge is 2.53. The summed E-state index contributed by atoms with van der Waals surface area (Å²) in [6.45, 7) is 22.9.